The molecule has 15 heteroatoms. The summed E-state index contributed by atoms with van der Waals surface area (Å²) < 4.78 is 32.4. The highest BCUT2D eigenvalue weighted by molar-refractivity contribution is 6.00. The number of Topliss-reactive ketones (excluding diaryl/α,β-unsaturated/α-hetero) is 3. The zero-order chi connectivity index (χ0) is 41.1. The number of hydrogen-bond donors (Lipinski definition) is 1. The molecule has 12 atom stereocenters. The molecule has 1 N–H and O–H groups in total. The normalized spacial score (nSPS) is 36.2. The lowest BCUT2D eigenvalue weighted by molar-refractivity contribution is -0.276. The van der Waals surface area contributed by atoms with Crippen molar-refractivity contribution in [3.63, 3.8) is 0 Å². The number of aliphatic hydroxyl groups excluding tert-OH is 1. The summed E-state index contributed by atoms with van der Waals surface area (Å²) in [4.78, 5) is 79.2. The fourth-order valence-corrected chi connectivity index (χ4v) is 8.79. The molecule has 5 rings (SSSR count). The van der Waals surface area contributed by atoms with Gasteiger partial charge >= 0.3 is 12.1 Å². The summed E-state index contributed by atoms with van der Waals surface area (Å²) in [6.07, 6.45) is 2.36. The van der Waals surface area contributed by atoms with Crippen LogP contribution >= 0.6 is 0 Å². The summed E-state index contributed by atoms with van der Waals surface area (Å²) in [5, 5.41) is 10.8. The van der Waals surface area contributed by atoms with Gasteiger partial charge in [-0.1, -0.05) is 27.7 Å². The molecule has 3 saturated heterocycles. The number of esters is 1. The van der Waals surface area contributed by atoms with Crippen LogP contribution in [0.3, 0.4) is 0 Å². The molecule has 0 aliphatic carbocycles. The van der Waals surface area contributed by atoms with Crippen molar-refractivity contribution in [3.8, 4) is 11.3 Å². The number of rotatable bonds is 10. The highest BCUT2D eigenvalue weighted by atomic mass is 16.7. The first-order valence-corrected chi connectivity index (χ1v) is 19.7. The van der Waals surface area contributed by atoms with Crippen LogP contribution < -0.4 is 0 Å². The van der Waals surface area contributed by atoms with E-state index in [2.05, 4.69) is 9.97 Å². The molecule has 56 heavy (non-hydrogen) atoms. The maximum atomic E-state index is 14.6. The van der Waals surface area contributed by atoms with Crippen molar-refractivity contribution in [1.82, 2.24) is 19.4 Å². The van der Waals surface area contributed by atoms with E-state index in [1.807, 2.05) is 22.9 Å². The quantitative estimate of drug-likeness (QED) is 0.201. The summed E-state index contributed by atoms with van der Waals surface area (Å²) in [6, 6.07) is 2.97. The van der Waals surface area contributed by atoms with Crippen LogP contribution in [-0.4, -0.2) is 116 Å². The third kappa shape index (κ3) is 8.75. The Hall–Kier alpha value is -4.05. The first-order valence-electron chi connectivity index (χ1n) is 19.7. The van der Waals surface area contributed by atoms with Crippen molar-refractivity contribution < 1.29 is 52.8 Å². The minimum atomic E-state index is -1.61. The molecule has 0 spiro atoms. The Morgan fingerprint density at radius 1 is 1.00 bits per heavy atom. The fourth-order valence-electron chi connectivity index (χ4n) is 8.79. The van der Waals surface area contributed by atoms with Crippen molar-refractivity contribution in [2.75, 3.05) is 13.7 Å². The molecule has 0 bridgehead atoms. The molecule has 0 unspecified atom stereocenters. The Bertz CT molecular complexity index is 1740. The number of imidazole rings is 1. The van der Waals surface area contributed by atoms with Gasteiger partial charge in [0.2, 0.25) is 0 Å². The van der Waals surface area contributed by atoms with Crippen LogP contribution in [0.1, 0.15) is 87.5 Å². The Balaban J connectivity index is 1.43. The standard InChI is InChI=1S/C41H58N4O11/c1-10-31-41(8)35(45(39(51)56-41)17-12-11-16-44-21-29(43-22-44)28-14-13-15-42-20-28)25(4)32(47)23(2)19-40(7,52-9)36(26(5)33(48)27(6)37(50)54-31)55-38-34(49)30(46)18-24(3)53-38/h13-15,20-27,31,34-36,38,49H,10-12,16-19H2,1-9H3/t23-,24-,25+,26+,27-,31-,34-,35-,36-,38+,40-,41-/m1/s1. The van der Waals surface area contributed by atoms with Crippen molar-refractivity contribution >= 4 is 29.4 Å². The van der Waals surface area contributed by atoms with E-state index >= 15 is 0 Å². The zero-order valence-electron chi connectivity index (χ0n) is 34.0. The average Bonchev–Trinajstić information content (AvgIpc) is 3.75. The lowest BCUT2D eigenvalue weighted by atomic mass is 9.73. The molecule has 1 amide bonds. The number of nitrogens with zero attached hydrogens (tertiary/aromatic N) is 4. The number of aliphatic hydroxyl groups is 1. The molecule has 15 nitrogen and oxygen atoms in total. The van der Waals surface area contributed by atoms with E-state index in [9.17, 15) is 29.1 Å². The molecule has 2 aromatic rings. The maximum Gasteiger partial charge on any atom is 0.410 e. The predicted octanol–water partition coefficient (Wildman–Crippen LogP) is 4.57. The topological polar surface area (TPSA) is 186 Å². The van der Waals surface area contributed by atoms with E-state index < -0.39 is 95.3 Å². The van der Waals surface area contributed by atoms with Crippen LogP contribution in [0, 0.1) is 23.7 Å². The van der Waals surface area contributed by atoms with Crippen LogP contribution in [-0.2, 0) is 49.4 Å². The van der Waals surface area contributed by atoms with Gasteiger partial charge in [-0.05, 0) is 65.5 Å². The second kappa shape index (κ2) is 17.6. The molecule has 308 valence electrons. The number of unbranched alkanes of at least 4 members (excludes halogenated alkanes) is 1. The van der Waals surface area contributed by atoms with E-state index in [-0.39, 0.29) is 31.6 Å². The Morgan fingerprint density at radius 3 is 2.38 bits per heavy atom. The molecule has 2 aromatic heterocycles. The van der Waals surface area contributed by atoms with Gasteiger partial charge in [-0.2, -0.15) is 0 Å². The monoisotopic (exact) mass is 782 g/mol. The zero-order valence-corrected chi connectivity index (χ0v) is 34.0. The lowest BCUT2D eigenvalue weighted by Crippen LogP contribution is -2.59. The third-order valence-corrected chi connectivity index (χ3v) is 12.0. The minimum absolute atomic E-state index is 0.00571. The van der Waals surface area contributed by atoms with Gasteiger partial charge < -0.3 is 38.3 Å². The van der Waals surface area contributed by atoms with E-state index in [4.69, 9.17) is 23.7 Å². The number of hydrogen-bond acceptors (Lipinski definition) is 13. The highest BCUT2D eigenvalue weighted by Gasteiger charge is 2.60. The minimum Gasteiger partial charge on any atom is -0.458 e. The number of amides is 1. The molecular weight excluding hydrogens is 724 g/mol. The van der Waals surface area contributed by atoms with Crippen molar-refractivity contribution in [2.24, 2.45) is 23.7 Å². The van der Waals surface area contributed by atoms with E-state index in [1.165, 1.54) is 14.0 Å². The predicted molar refractivity (Wildman–Crippen MR) is 202 cm³/mol. The number of carbonyl (C=O) groups excluding carboxylic acids is 5. The molecule has 3 fully saturated rings. The number of ether oxygens (including phenoxy) is 5. The smallest absolute Gasteiger partial charge is 0.410 e. The number of aryl methyl sites for hydroxylation is 1. The molecule has 3 aliphatic rings. The molecular formula is C41H58N4O11. The Kier molecular flexibility index (Phi) is 13.6. The number of pyridine rings is 1. The summed E-state index contributed by atoms with van der Waals surface area (Å²) in [6.45, 7) is 14.3. The van der Waals surface area contributed by atoms with Gasteiger partial charge in [0.25, 0.3) is 0 Å². The van der Waals surface area contributed by atoms with Crippen molar-refractivity contribution in [3.05, 3.63) is 37.1 Å². The highest BCUT2D eigenvalue weighted by Crippen LogP contribution is 2.43. The summed E-state index contributed by atoms with van der Waals surface area (Å²) >= 11 is 0. The van der Waals surface area contributed by atoms with E-state index in [0.29, 0.717) is 19.4 Å². The van der Waals surface area contributed by atoms with Crippen LogP contribution in [0.15, 0.2) is 37.1 Å². The fraction of sp³-hybridized carbons (Fsp3) is 0.683. The molecule has 0 radical (unpaired) electrons. The van der Waals surface area contributed by atoms with Gasteiger partial charge in [0.1, 0.15) is 17.8 Å². The largest absolute Gasteiger partial charge is 0.458 e. The van der Waals surface area contributed by atoms with Gasteiger partial charge in [0, 0.05) is 68.5 Å². The second-order valence-electron chi connectivity index (χ2n) is 16.2. The summed E-state index contributed by atoms with van der Waals surface area (Å²) in [7, 11) is 1.43. The first kappa shape index (κ1) is 43.1. The molecule has 0 saturated carbocycles. The number of cyclic esters (lactones) is 1. The number of fused-ring (bicyclic) bond motifs is 1. The van der Waals surface area contributed by atoms with Gasteiger partial charge in [0.05, 0.1) is 35.9 Å². The maximum absolute atomic E-state index is 14.6. The van der Waals surface area contributed by atoms with Crippen LogP contribution in [0.2, 0.25) is 0 Å². The Labute approximate surface area is 328 Å². The number of ketones is 3. The van der Waals surface area contributed by atoms with Crippen LogP contribution in [0.25, 0.3) is 11.3 Å². The van der Waals surface area contributed by atoms with Crippen molar-refractivity contribution in [1.29, 1.82) is 0 Å². The van der Waals surface area contributed by atoms with Gasteiger partial charge in [-0.25, -0.2) is 9.78 Å². The van der Waals surface area contributed by atoms with E-state index in [0.717, 1.165) is 11.3 Å². The number of carbonyl (C=O) groups is 5. The third-order valence-electron chi connectivity index (χ3n) is 12.0. The number of methoxy groups -OCH3 is 1. The second-order valence-corrected chi connectivity index (χ2v) is 16.2. The molecule has 5 heterocycles. The van der Waals surface area contributed by atoms with E-state index in [1.54, 1.807) is 72.1 Å². The van der Waals surface area contributed by atoms with Gasteiger partial charge in [0.15, 0.2) is 29.6 Å². The average molecular weight is 783 g/mol. The SMILES string of the molecule is CC[C@H]1OC(=O)[C@H](C)C(=O)[C@H](C)[C@@H](O[C@@H]2O[C@H](C)CC(=O)[C@H]2O)[C@](C)(OC)C[C@@H](C)C(=O)[C@H](C)[C@H]2N(CCCCn3cnc(-c4cccnc4)c3)C(=O)O[C@]12C. The summed E-state index contributed by atoms with van der Waals surface area (Å²) in [5.41, 5.74) is -1.07. The van der Waals surface area contributed by atoms with Crippen LogP contribution in [0.4, 0.5) is 4.79 Å². The van der Waals surface area contributed by atoms with Gasteiger partial charge in [-0.15, -0.1) is 0 Å². The lowest BCUT2D eigenvalue weighted by Gasteiger charge is -2.45. The van der Waals surface area contributed by atoms with Gasteiger partial charge in [-0.3, -0.25) is 24.2 Å². The first-order chi connectivity index (χ1) is 26.4. The Morgan fingerprint density at radius 2 is 1.71 bits per heavy atom. The van der Waals surface area contributed by atoms with Crippen LogP contribution in [0.5, 0.6) is 0 Å². The van der Waals surface area contributed by atoms with Crippen molar-refractivity contribution in [2.45, 2.75) is 142 Å². The summed E-state index contributed by atoms with van der Waals surface area (Å²) in [5.74, 6) is -5.82. The number of aromatic nitrogens is 3. The molecule has 0 aromatic carbocycles. The molecule has 3 aliphatic heterocycles.